The van der Waals surface area contributed by atoms with Crippen LogP contribution in [0.1, 0.15) is 27.5 Å². The molecule has 2 heterocycles. The largest absolute Gasteiger partial charge is 0.497 e. The number of carbonyl (C=O) groups excluding carboxylic acids is 1. The number of rotatable bonds is 5. The SMILES string of the molecule is COc1ccc2c(=O)cc(C(=O)Nc3cccc(Cn4nc(C)cc4C)c3)oc2c1. The van der Waals surface area contributed by atoms with Gasteiger partial charge < -0.3 is 14.5 Å². The van der Waals surface area contributed by atoms with Gasteiger partial charge in [0.15, 0.2) is 11.2 Å². The number of carbonyl (C=O) groups is 1. The van der Waals surface area contributed by atoms with Crippen molar-refractivity contribution in [2.45, 2.75) is 20.4 Å². The van der Waals surface area contributed by atoms with Gasteiger partial charge in [0.05, 0.1) is 24.7 Å². The molecule has 152 valence electrons. The van der Waals surface area contributed by atoms with Crippen molar-refractivity contribution in [1.82, 2.24) is 9.78 Å². The van der Waals surface area contributed by atoms with E-state index in [0.717, 1.165) is 17.0 Å². The standard InChI is InChI=1S/C23H21N3O4/c1-14-9-15(2)26(25-14)13-16-5-4-6-17(10-16)24-23(28)22-12-20(27)19-8-7-18(29-3)11-21(19)30-22/h4-12H,13H2,1-3H3,(H,24,28). The highest BCUT2D eigenvalue weighted by molar-refractivity contribution is 6.03. The summed E-state index contributed by atoms with van der Waals surface area (Å²) in [7, 11) is 1.52. The molecule has 0 aliphatic heterocycles. The third kappa shape index (κ3) is 3.96. The molecule has 30 heavy (non-hydrogen) atoms. The fourth-order valence-corrected chi connectivity index (χ4v) is 3.32. The maximum absolute atomic E-state index is 12.7. The summed E-state index contributed by atoms with van der Waals surface area (Å²) in [5, 5.41) is 7.65. The van der Waals surface area contributed by atoms with Crippen LogP contribution >= 0.6 is 0 Å². The lowest BCUT2D eigenvalue weighted by Gasteiger charge is -2.09. The summed E-state index contributed by atoms with van der Waals surface area (Å²) < 4.78 is 12.7. The molecule has 0 spiro atoms. The molecule has 2 aromatic heterocycles. The van der Waals surface area contributed by atoms with Crippen molar-refractivity contribution in [3.05, 3.63) is 87.5 Å². The van der Waals surface area contributed by atoms with Crippen molar-refractivity contribution in [2.24, 2.45) is 0 Å². The number of hydrogen-bond acceptors (Lipinski definition) is 5. The maximum Gasteiger partial charge on any atom is 0.291 e. The zero-order valence-electron chi connectivity index (χ0n) is 16.9. The molecule has 0 bridgehead atoms. The lowest BCUT2D eigenvalue weighted by atomic mass is 10.2. The quantitative estimate of drug-likeness (QED) is 0.546. The molecule has 0 atom stereocenters. The van der Waals surface area contributed by atoms with Gasteiger partial charge in [-0.1, -0.05) is 12.1 Å². The minimum atomic E-state index is -0.500. The highest BCUT2D eigenvalue weighted by atomic mass is 16.5. The van der Waals surface area contributed by atoms with Crippen LogP contribution in [0.25, 0.3) is 11.0 Å². The zero-order chi connectivity index (χ0) is 21.3. The first-order valence-electron chi connectivity index (χ1n) is 9.46. The van der Waals surface area contributed by atoms with E-state index in [0.29, 0.717) is 29.0 Å². The lowest BCUT2D eigenvalue weighted by Crippen LogP contribution is -2.15. The second-order valence-corrected chi connectivity index (χ2v) is 7.08. The van der Waals surface area contributed by atoms with Crippen molar-refractivity contribution in [3.63, 3.8) is 0 Å². The number of aryl methyl sites for hydroxylation is 2. The Kier molecular flexibility index (Phi) is 5.10. The van der Waals surface area contributed by atoms with Crippen molar-refractivity contribution >= 4 is 22.6 Å². The van der Waals surface area contributed by atoms with Crippen molar-refractivity contribution in [3.8, 4) is 5.75 Å². The van der Waals surface area contributed by atoms with Crippen LogP contribution in [0.15, 0.2) is 63.8 Å². The van der Waals surface area contributed by atoms with Gasteiger partial charge in [-0.15, -0.1) is 0 Å². The highest BCUT2D eigenvalue weighted by Gasteiger charge is 2.14. The summed E-state index contributed by atoms with van der Waals surface area (Å²) in [5.41, 5.74) is 3.62. The Hall–Kier alpha value is -3.87. The minimum absolute atomic E-state index is 0.0651. The van der Waals surface area contributed by atoms with Gasteiger partial charge in [-0.2, -0.15) is 5.10 Å². The van der Waals surface area contributed by atoms with Gasteiger partial charge in [-0.3, -0.25) is 14.3 Å². The predicted molar refractivity (Wildman–Crippen MR) is 114 cm³/mol. The molecular weight excluding hydrogens is 382 g/mol. The van der Waals surface area contributed by atoms with Crippen molar-refractivity contribution in [2.75, 3.05) is 12.4 Å². The number of fused-ring (bicyclic) bond motifs is 1. The molecule has 0 saturated carbocycles. The van der Waals surface area contributed by atoms with E-state index in [-0.39, 0.29) is 11.2 Å². The normalized spacial score (nSPS) is 10.9. The average molecular weight is 403 g/mol. The molecule has 0 unspecified atom stereocenters. The van der Waals surface area contributed by atoms with Crippen LogP contribution in [0, 0.1) is 13.8 Å². The Balaban J connectivity index is 1.58. The van der Waals surface area contributed by atoms with E-state index in [1.807, 2.05) is 42.8 Å². The first-order chi connectivity index (χ1) is 14.4. The smallest absolute Gasteiger partial charge is 0.291 e. The van der Waals surface area contributed by atoms with Gasteiger partial charge in [-0.25, -0.2) is 0 Å². The van der Waals surface area contributed by atoms with Gasteiger partial charge >= 0.3 is 0 Å². The topological polar surface area (TPSA) is 86.4 Å². The van der Waals surface area contributed by atoms with Crippen LogP contribution in [-0.4, -0.2) is 22.8 Å². The van der Waals surface area contributed by atoms with E-state index in [4.69, 9.17) is 9.15 Å². The second kappa shape index (κ2) is 7.87. The molecule has 4 aromatic rings. The molecule has 7 heteroatoms. The van der Waals surface area contributed by atoms with E-state index < -0.39 is 5.91 Å². The molecule has 0 saturated heterocycles. The Labute approximate surface area is 172 Å². The number of ether oxygens (including phenoxy) is 1. The van der Waals surface area contributed by atoms with Gasteiger partial charge in [0.1, 0.15) is 11.3 Å². The molecule has 1 amide bonds. The molecular formula is C23H21N3O4. The van der Waals surface area contributed by atoms with Crippen LogP contribution in [0.2, 0.25) is 0 Å². The minimum Gasteiger partial charge on any atom is -0.497 e. The number of anilines is 1. The van der Waals surface area contributed by atoms with E-state index >= 15 is 0 Å². The summed E-state index contributed by atoms with van der Waals surface area (Å²) in [6, 6.07) is 15.6. The number of nitrogens with zero attached hydrogens (tertiary/aromatic N) is 2. The zero-order valence-corrected chi connectivity index (χ0v) is 16.9. The van der Waals surface area contributed by atoms with Crippen LogP contribution in [0.3, 0.4) is 0 Å². The Morgan fingerprint density at radius 3 is 2.70 bits per heavy atom. The number of benzene rings is 2. The van der Waals surface area contributed by atoms with Gasteiger partial charge in [0.2, 0.25) is 0 Å². The molecule has 1 N–H and O–H groups in total. The molecule has 7 nitrogen and oxygen atoms in total. The second-order valence-electron chi connectivity index (χ2n) is 7.08. The van der Waals surface area contributed by atoms with Crippen LogP contribution in [0.4, 0.5) is 5.69 Å². The molecule has 0 fully saturated rings. The third-order valence-electron chi connectivity index (χ3n) is 4.78. The molecule has 0 aliphatic rings. The van der Waals surface area contributed by atoms with Gasteiger partial charge in [-0.05, 0) is 49.7 Å². The number of hydrogen-bond donors (Lipinski definition) is 1. The Morgan fingerprint density at radius 2 is 1.97 bits per heavy atom. The molecule has 4 rings (SSSR count). The van der Waals surface area contributed by atoms with Gasteiger partial charge in [0, 0.05) is 23.5 Å². The molecule has 0 radical (unpaired) electrons. The highest BCUT2D eigenvalue weighted by Crippen LogP contribution is 2.20. The first kappa shape index (κ1) is 19.4. The number of aromatic nitrogens is 2. The first-order valence-corrected chi connectivity index (χ1v) is 9.46. The number of nitrogens with one attached hydrogen (secondary N) is 1. The average Bonchev–Trinajstić information content (AvgIpc) is 3.04. The summed E-state index contributed by atoms with van der Waals surface area (Å²) in [6.07, 6.45) is 0. The summed E-state index contributed by atoms with van der Waals surface area (Å²) >= 11 is 0. The third-order valence-corrected chi connectivity index (χ3v) is 4.78. The molecule has 0 aliphatic carbocycles. The monoisotopic (exact) mass is 403 g/mol. The number of methoxy groups -OCH3 is 1. The number of amides is 1. The van der Waals surface area contributed by atoms with E-state index in [9.17, 15) is 9.59 Å². The Morgan fingerprint density at radius 1 is 1.13 bits per heavy atom. The van der Waals surface area contributed by atoms with Crippen molar-refractivity contribution < 1.29 is 13.9 Å². The summed E-state index contributed by atoms with van der Waals surface area (Å²) in [5.74, 6) is -0.0233. The lowest BCUT2D eigenvalue weighted by molar-refractivity contribution is 0.0997. The summed E-state index contributed by atoms with van der Waals surface area (Å²) in [4.78, 5) is 25.1. The Bertz CT molecular complexity index is 1300. The van der Waals surface area contributed by atoms with Crippen LogP contribution < -0.4 is 15.5 Å². The van der Waals surface area contributed by atoms with Crippen LogP contribution in [-0.2, 0) is 6.54 Å². The fourth-order valence-electron chi connectivity index (χ4n) is 3.32. The molecule has 2 aromatic carbocycles. The van der Waals surface area contributed by atoms with Crippen molar-refractivity contribution in [1.29, 1.82) is 0 Å². The van der Waals surface area contributed by atoms with E-state index in [1.165, 1.54) is 13.2 Å². The summed E-state index contributed by atoms with van der Waals surface area (Å²) in [6.45, 7) is 4.55. The van der Waals surface area contributed by atoms with Gasteiger partial charge in [0.25, 0.3) is 5.91 Å². The fraction of sp³-hybridized carbons (Fsp3) is 0.174. The maximum atomic E-state index is 12.7. The van der Waals surface area contributed by atoms with E-state index in [2.05, 4.69) is 10.4 Å². The van der Waals surface area contributed by atoms with Crippen LogP contribution in [0.5, 0.6) is 5.75 Å². The van der Waals surface area contributed by atoms with E-state index in [1.54, 1.807) is 24.3 Å². The predicted octanol–water partition coefficient (Wildman–Crippen LogP) is 3.92.